The number of likely N-dealkylation sites (tertiary alicyclic amines) is 1. The number of amides is 1. The van der Waals surface area contributed by atoms with Gasteiger partial charge in [-0.1, -0.05) is 0 Å². The Morgan fingerprint density at radius 2 is 2.62 bits per heavy atom. The van der Waals surface area contributed by atoms with Gasteiger partial charge in [-0.05, 0) is 6.42 Å². The van der Waals surface area contributed by atoms with E-state index in [1.54, 1.807) is 10.4 Å². The van der Waals surface area contributed by atoms with Crippen LogP contribution in [0.1, 0.15) is 12.1 Å². The van der Waals surface area contributed by atoms with Crippen LogP contribution >= 0.6 is 11.3 Å². The van der Waals surface area contributed by atoms with Gasteiger partial charge < -0.3 is 14.7 Å². The average Bonchev–Trinajstić information content (AvgIpc) is 2.96. The van der Waals surface area contributed by atoms with Crippen LogP contribution in [-0.4, -0.2) is 40.8 Å². The first-order valence-electron chi connectivity index (χ1n) is 5.19. The Morgan fingerprint density at radius 1 is 1.75 bits per heavy atom. The highest BCUT2D eigenvalue weighted by Gasteiger charge is 2.26. The summed E-state index contributed by atoms with van der Waals surface area (Å²) in [5.74, 6) is 0.201. The third-order valence-electron chi connectivity index (χ3n) is 2.63. The molecule has 0 radical (unpaired) electrons. The molecule has 6 heteroatoms. The SMILES string of the molecule is O=C(OCc1cscn1)N1CCC(CO)C1. The zero-order valence-electron chi connectivity index (χ0n) is 8.83. The van der Waals surface area contributed by atoms with E-state index < -0.39 is 0 Å². The summed E-state index contributed by atoms with van der Waals surface area (Å²) in [6.07, 6.45) is 0.534. The van der Waals surface area contributed by atoms with Crippen molar-refractivity contribution in [1.29, 1.82) is 0 Å². The van der Waals surface area contributed by atoms with Crippen LogP contribution in [0.4, 0.5) is 4.79 Å². The van der Waals surface area contributed by atoms with Gasteiger partial charge in [0.1, 0.15) is 6.61 Å². The lowest BCUT2D eigenvalue weighted by Gasteiger charge is -2.15. The van der Waals surface area contributed by atoms with Crippen LogP contribution in [0, 0.1) is 5.92 Å². The number of thiazole rings is 1. The van der Waals surface area contributed by atoms with Gasteiger partial charge >= 0.3 is 6.09 Å². The van der Waals surface area contributed by atoms with Gasteiger partial charge in [0.2, 0.25) is 0 Å². The molecule has 1 unspecified atom stereocenters. The zero-order valence-corrected chi connectivity index (χ0v) is 9.65. The second-order valence-corrected chi connectivity index (χ2v) is 4.54. The van der Waals surface area contributed by atoms with E-state index in [-0.39, 0.29) is 25.2 Å². The fraction of sp³-hybridized carbons (Fsp3) is 0.600. The number of hydrogen-bond acceptors (Lipinski definition) is 5. The Hall–Kier alpha value is -1.14. The summed E-state index contributed by atoms with van der Waals surface area (Å²) in [6, 6.07) is 0. The Bertz CT molecular complexity index is 342. The molecule has 1 aliphatic heterocycles. The topological polar surface area (TPSA) is 62.7 Å². The highest BCUT2D eigenvalue weighted by atomic mass is 32.1. The number of aliphatic hydroxyl groups excluding tert-OH is 1. The standard InChI is InChI=1S/C10H14N2O3S/c13-4-8-1-2-12(3-8)10(14)15-5-9-6-16-7-11-9/h6-8,13H,1-5H2. The summed E-state index contributed by atoms with van der Waals surface area (Å²) in [5.41, 5.74) is 2.48. The molecule has 2 rings (SSSR count). The number of ether oxygens (including phenoxy) is 1. The second kappa shape index (κ2) is 5.27. The maximum Gasteiger partial charge on any atom is 0.410 e. The second-order valence-electron chi connectivity index (χ2n) is 3.82. The van der Waals surface area contributed by atoms with Crippen LogP contribution in [0.25, 0.3) is 0 Å². The van der Waals surface area contributed by atoms with E-state index in [2.05, 4.69) is 4.98 Å². The van der Waals surface area contributed by atoms with E-state index >= 15 is 0 Å². The van der Waals surface area contributed by atoms with Crippen LogP contribution in [0.15, 0.2) is 10.9 Å². The summed E-state index contributed by atoms with van der Waals surface area (Å²) < 4.78 is 5.11. The van der Waals surface area contributed by atoms with Crippen molar-refractivity contribution in [1.82, 2.24) is 9.88 Å². The smallest absolute Gasteiger partial charge is 0.410 e. The monoisotopic (exact) mass is 242 g/mol. The third kappa shape index (κ3) is 2.70. The van der Waals surface area contributed by atoms with E-state index in [0.29, 0.717) is 13.1 Å². The maximum absolute atomic E-state index is 11.6. The quantitative estimate of drug-likeness (QED) is 0.862. The highest BCUT2D eigenvalue weighted by Crippen LogP contribution is 2.16. The molecule has 0 aliphatic carbocycles. The summed E-state index contributed by atoms with van der Waals surface area (Å²) in [5, 5.41) is 10.8. The van der Waals surface area contributed by atoms with E-state index in [1.165, 1.54) is 11.3 Å². The third-order valence-corrected chi connectivity index (χ3v) is 3.26. The normalized spacial score (nSPS) is 20.1. The molecule has 1 fully saturated rings. The van der Waals surface area contributed by atoms with E-state index in [4.69, 9.17) is 9.84 Å². The van der Waals surface area contributed by atoms with Gasteiger partial charge in [0.25, 0.3) is 0 Å². The van der Waals surface area contributed by atoms with Crippen molar-refractivity contribution in [3.8, 4) is 0 Å². The zero-order chi connectivity index (χ0) is 11.4. The van der Waals surface area contributed by atoms with Crippen LogP contribution < -0.4 is 0 Å². The number of aromatic nitrogens is 1. The summed E-state index contributed by atoms with van der Waals surface area (Å²) in [6.45, 7) is 1.62. The Morgan fingerprint density at radius 3 is 3.25 bits per heavy atom. The lowest BCUT2D eigenvalue weighted by atomic mass is 10.1. The molecule has 1 saturated heterocycles. The minimum absolute atomic E-state index is 0.135. The largest absolute Gasteiger partial charge is 0.443 e. The first-order valence-corrected chi connectivity index (χ1v) is 6.13. The van der Waals surface area contributed by atoms with Gasteiger partial charge in [-0.15, -0.1) is 11.3 Å². The van der Waals surface area contributed by atoms with Crippen molar-refractivity contribution in [2.75, 3.05) is 19.7 Å². The number of hydrogen-bond donors (Lipinski definition) is 1. The lowest BCUT2D eigenvalue weighted by Crippen LogP contribution is -2.29. The number of carbonyl (C=O) groups excluding carboxylic acids is 1. The minimum Gasteiger partial charge on any atom is -0.443 e. The average molecular weight is 242 g/mol. The van der Waals surface area contributed by atoms with Gasteiger partial charge in [0, 0.05) is 31.0 Å². The van der Waals surface area contributed by atoms with Crippen molar-refractivity contribution >= 4 is 17.4 Å². The Labute approximate surface area is 97.7 Å². The van der Waals surface area contributed by atoms with E-state index in [9.17, 15) is 4.79 Å². The summed E-state index contributed by atoms with van der Waals surface area (Å²) in [7, 11) is 0. The molecule has 0 aromatic carbocycles. The maximum atomic E-state index is 11.6. The van der Waals surface area contributed by atoms with Crippen molar-refractivity contribution in [2.45, 2.75) is 13.0 Å². The van der Waals surface area contributed by atoms with Crippen molar-refractivity contribution < 1.29 is 14.6 Å². The minimum atomic E-state index is -0.316. The number of carbonyl (C=O) groups is 1. The molecular formula is C10H14N2O3S. The first kappa shape index (κ1) is 11.3. The predicted molar refractivity (Wildman–Crippen MR) is 59.1 cm³/mol. The molecule has 1 N–H and O–H groups in total. The predicted octanol–water partition coefficient (Wildman–Crippen LogP) is 1.09. The molecular weight excluding hydrogens is 228 g/mol. The fourth-order valence-corrected chi connectivity index (χ4v) is 2.23. The van der Waals surface area contributed by atoms with Crippen molar-refractivity contribution in [3.05, 3.63) is 16.6 Å². The molecule has 1 aromatic rings. The fourth-order valence-electron chi connectivity index (χ4n) is 1.68. The van der Waals surface area contributed by atoms with Gasteiger partial charge in [0.05, 0.1) is 11.2 Å². The number of aliphatic hydroxyl groups is 1. The highest BCUT2D eigenvalue weighted by molar-refractivity contribution is 7.07. The van der Waals surface area contributed by atoms with Crippen molar-refractivity contribution in [2.24, 2.45) is 5.92 Å². The summed E-state index contributed by atoms with van der Waals surface area (Å²) in [4.78, 5) is 17.3. The van der Waals surface area contributed by atoms with Crippen LogP contribution in [0.3, 0.4) is 0 Å². The van der Waals surface area contributed by atoms with Gasteiger partial charge in [0.15, 0.2) is 0 Å². The van der Waals surface area contributed by atoms with Crippen LogP contribution in [0.5, 0.6) is 0 Å². The lowest BCUT2D eigenvalue weighted by molar-refractivity contribution is 0.100. The molecule has 1 aromatic heterocycles. The molecule has 2 heterocycles. The number of nitrogens with zero attached hydrogens (tertiary/aromatic N) is 2. The molecule has 16 heavy (non-hydrogen) atoms. The summed E-state index contributed by atoms with van der Waals surface area (Å²) >= 11 is 1.48. The molecule has 0 spiro atoms. The Balaban J connectivity index is 1.76. The van der Waals surface area contributed by atoms with E-state index in [0.717, 1.165) is 12.1 Å². The molecule has 1 atom stereocenters. The van der Waals surface area contributed by atoms with Crippen LogP contribution in [-0.2, 0) is 11.3 Å². The Kier molecular flexibility index (Phi) is 3.74. The van der Waals surface area contributed by atoms with Crippen LogP contribution in [0.2, 0.25) is 0 Å². The molecule has 1 amide bonds. The first-order chi connectivity index (χ1) is 7.79. The molecule has 0 bridgehead atoms. The van der Waals surface area contributed by atoms with Crippen molar-refractivity contribution in [3.63, 3.8) is 0 Å². The van der Waals surface area contributed by atoms with Gasteiger partial charge in [-0.2, -0.15) is 0 Å². The molecule has 0 saturated carbocycles. The molecule has 1 aliphatic rings. The van der Waals surface area contributed by atoms with Gasteiger partial charge in [-0.3, -0.25) is 0 Å². The molecule has 88 valence electrons. The van der Waals surface area contributed by atoms with E-state index in [1.807, 2.05) is 5.38 Å². The van der Waals surface area contributed by atoms with Gasteiger partial charge in [-0.25, -0.2) is 9.78 Å². The molecule has 5 nitrogen and oxygen atoms in total. The number of rotatable bonds is 3.